The number of hydrogen-bond acceptors (Lipinski definition) is 5. The van der Waals surface area contributed by atoms with Gasteiger partial charge in [0, 0.05) is 13.0 Å². The molecule has 8 heteroatoms. The fourth-order valence-electron chi connectivity index (χ4n) is 2.87. The molecular weight excluding hydrogens is 363 g/mol. The van der Waals surface area contributed by atoms with E-state index in [1.165, 1.54) is 23.5 Å². The molecule has 1 aromatic heterocycles. The fraction of sp³-hybridized carbons (Fsp3) is 0.412. The van der Waals surface area contributed by atoms with Crippen LogP contribution in [0, 0.1) is 18.7 Å². The predicted octanol–water partition coefficient (Wildman–Crippen LogP) is 2.35. The largest absolute Gasteiger partial charge is 0.351 e. The number of thiazole rings is 1. The highest BCUT2D eigenvalue weighted by Crippen LogP contribution is 2.22. The second-order valence-electron chi connectivity index (χ2n) is 6.30. The highest BCUT2D eigenvalue weighted by Gasteiger charge is 2.28. The molecular formula is C17H19FN2O3S2. The maximum Gasteiger partial charge on any atom is 0.263 e. The minimum Gasteiger partial charge on any atom is -0.351 e. The summed E-state index contributed by atoms with van der Waals surface area (Å²) in [6.45, 7) is 2.14. The summed E-state index contributed by atoms with van der Waals surface area (Å²) in [7, 11) is -2.94. The van der Waals surface area contributed by atoms with E-state index in [-0.39, 0.29) is 29.1 Å². The minimum absolute atomic E-state index is 0.0131. The Hall–Kier alpha value is -1.80. The number of carbonyl (C=O) groups excluding carboxylic acids is 1. The van der Waals surface area contributed by atoms with Crippen molar-refractivity contribution in [3.8, 4) is 0 Å². The average Bonchev–Trinajstić information content (AvgIpc) is 3.09. The lowest BCUT2D eigenvalue weighted by Crippen LogP contribution is -2.29. The van der Waals surface area contributed by atoms with Gasteiger partial charge in [-0.05, 0) is 37.0 Å². The smallest absolute Gasteiger partial charge is 0.263 e. The molecule has 2 heterocycles. The Morgan fingerprint density at radius 2 is 2.08 bits per heavy atom. The number of nitrogens with zero attached hydrogens (tertiary/aromatic N) is 1. The molecule has 1 aliphatic rings. The van der Waals surface area contributed by atoms with E-state index in [0.717, 1.165) is 10.6 Å². The van der Waals surface area contributed by atoms with Gasteiger partial charge in [-0.2, -0.15) is 0 Å². The van der Waals surface area contributed by atoms with Gasteiger partial charge in [0.05, 0.1) is 22.2 Å². The van der Waals surface area contributed by atoms with E-state index in [1.807, 2.05) is 0 Å². The number of rotatable bonds is 5. The molecule has 134 valence electrons. The van der Waals surface area contributed by atoms with Gasteiger partial charge in [0.1, 0.15) is 10.7 Å². The maximum absolute atomic E-state index is 13.0. The molecule has 1 aliphatic heterocycles. The molecule has 25 heavy (non-hydrogen) atoms. The number of amides is 1. The van der Waals surface area contributed by atoms with Gasteiger partial charge < -0.3 is 5.32 Å². The van der Waals surface area contributed by atoms with E-state index in [0.29, 0.717) is 30.0 Å². The van der Waals surface area contributed by atoms with Gasteiger partial charge in [0.25, 0.3) is 5.91 Å². The summed E-state index contributed by atoms with van der Waals surface area (Å²) < 4.78 is 35.9. The summed E-state index contributed by atoms with van der Waals surface area (Å²) in [6.07, 6.45) is 1.14. The Kier molecular flexibility index (Phi) is 5.19. The minimum atomic E-state index is -2.94. The number of carbonyl (C=O) groups is 1. The molecule has 5 nitrogen and oxygen atoms in total. The third-order valence-electron chi connectivity index (χ3n) is 4.19. The second kappa shape index (κ2) is 7.21. The molecule has 1 saturated heterocycles. The van der Waals surface area contributed by atoms with Crippen molar-refractivity contribution in [2.45, 2.75) is 19.8 Å². The first kappa shape index (κ1) is 18.0. The molecule has 0 bridgehead atoms. The Morgan fingerprint density at radius 3 is 2.72 bits per heavy atom. The molecule has 1 amide bonds. The van der Waals surface area contributed by atoms with Gasteiger partial charge in [0.2, 0.25) is 0 Å². The van der Waals surface area contributed by atoms with Gasteiger partial charge in [-0.25, -0.2) is 17.8 Å². The Balaban J connectivity index is 1.61. The quantitative estimate of drug-likeness (QED) is 0.861. The van der Waals surface area contributed by atoms with Crippen LogP contribution in [-0.4, -0.2) is 37.4 Å². The summed E-state index contributed by atoms with van der Waals surface area (Å²) in [5.74, 6) is -0.168. The molecule has 0 aliphatic carbocycles. The summed E-state index contributed by atoms with van der Waals surface area (Å²) in [5, 5.41) is 3.61. The zero-order valence-electron chi connectivity index (χ0n) is 13.8. The van der Waals surface area contributed by atoms with Crippen LogP contribution in [0.25, 0.3) is 0 Å². The molecule has 1 N–H and O–H groups in total. The highest BCUT2D eigenvalue weighted by atomic mass is 32.2. The summed E-state index contributed by atoms with van der Waals surface area (Å²) in [4.78, 5) is 17.3. The zero-order chi connectivity index (χ0) is 18.0. The van der Waals surface area contributed by atoms with Crippen molar-refractivity contribution in [3.63, 3.8) is 0 Å². The summed E-state index contributed by atoms with van der Waals surface area (Å²) in [5.41, 5.74) is 1.58. The second-order valence-corrected chi connectivity index (χ2v) is 9.62. The number of sulfone groups is 1. The van der Waals surface area contributed by atoms with Crippen LogP contribution >= 0.6 is 11.3 Å². The summed E-state index contributed by atoms with van der Waals surface area (Å²) in [6, 6.07) is 6.21. The van der Waals surface area contributed by atoms with Crippen LogP contribution in [0.5, 0.6) is 0 Å². The number of aromatic nitrogens is 1. The summed E-state index contributed by atoms with van der Waals surface area (Å²) >= 11 is 1.31. The molecule has 0 saturated carbocycles. The monoisotopic (exact) mass is 382 g/mol. The molecule has 0 unspecified atom stereocenters. The van der Waals surface area contributed by atoms with E-state index >= 15 is 0 Å². The number of hydrogen-bond donors (Lipinski definition) is 1. The molecule has 1 fully saturated rings. The first-order valence-corrected chi connectivity index (χ1v) is 10.7. The fourth-order valence-corrected chi connectivity index (χ4v) is 5.74. The van der Waals surface area contributed by atoms with Crippen LogP contribution in [0.15, 0.2) is 24.3 Å². The third kappa shape index (κ3) is 4.64. The van der Waals surface area contributed by atoms with Crippen molar-refractivity contribution in [2.75, 3.05) is 18.1 Å². The standard InChI is InChI=1S/C17H19FN2O3S2/c1-11-16(17(21)19-9-13-6-7-25(22,23)10-13)24-15(20-11)8-12-2-4-14(18)5-3-12/h2-5,13H,6-10H2,1H3,(H,19,21)/t13-/m0/s1. The van der Waals surface area contributed by atoms with Crippen molar-refractivity contribution >= 4 is 27.1 Å². The molecule has 3 rings (SSSR count). The molecule has 0 spiro atoms. The van der Waals surface area contributed by atoms with Crippen LogP contribution in [-0.2, 0) is 16.3 Å². The Bertz CT molecular complexity index is 876. The lowest BCUT2D eigenvalue weighted by Gasteiger charge is -2.08. The van der Waals surface area contributed by atoms with E-state index < -0.39 is 9.84 Å². The van der Waals surface area contributed by atoms with Crippen LogP contribution in [0.3, 0.4) is 0 Å². The first-order chi connectivity index (χ1) is 11.8. The normalized spacial score (nSPS) is 19.0. The predicted molar refractivity (Wildman–Crippen MR) is 95.2 cm³/mol. The van der Waals surface area contributed by atoms with Crippen molar-refractivity contribution < 1.29 is 17.6 Å². The number of nitrogens with one attached hydrogen (secondary N) is 1. The Morgan fingerprint density at radius 1 is 1.36 bits per heavy atom. The number of aryl methyl sites for hydroxylation is 1. The lowest BCUT2D eigenvalue weighted by atomic mass is 10.1. The SMILES string of the molecule is Cc1nc(Cc2ccc(F)cc2)sc1C(=O)NC[C@@H]1CCS(=O)(=O)C1. The van der Waals surface area contributed by atoms with E-state index in [1.54, 1.807) is 19.1 Å². The zero-order valence-corrected chi connectivity index (χ0v) is 15.4. The van der Waals surface area contributed by atoms with Crippen molar-refractivity contribution in [1.29, 1.82) is 0 Å². The van der Waals surface area contributed by atoms with Crippen molar-refractivity contribution in [1.82, 2.24) is 10.3 Å². The van der Waals surface area contributed by atoms with Gasteiger partial charge in [-0.15, -0.1) is 11.3 Å². The highest BCUT2D eigenvalue weighted by molar-refractivity contribution is 7.91. The van der Waals surface area contributed by atoms with Gasteiger partial charge >= 0.3 is 0 Å². The van der Waals surface area contributed by atoms with Gasteiger partial charge in [-0.1, -0.05) is 12.1 Å². The molecule has 1 aromatic carbocycles. The number of halogens is 1. The Labute approximate surface area is 150 Å². The number of benzene rings is 1. The topological polar surface area (TPSA) is 76.1 Å². The van der Waals surface area contributed by atoms with Crippen LogP contribution in [0.4, 0.5) is 4.39 Å². The van der Waals surface area contributed by atoms with E-state index in [9.17, 15) is 17.6 Å². The van der Waals surface area contributed by atoms with Gasteiger partial charge in [0.15, 0.2) is 9.84 Å². The first-order valence-electron chi connectivity index (χ1n) is 8.02. The van der Waals surface area contributed by atoms with E-state index in [2.05, 4.69) is 10.3 Å². The third-order valence-corrected chi connectivity index (χ3v) is 7.19. The van der Waals surface area contributed by atoms with Crippen LogP contribution in [0.2, 0.25) is 0 Å². The van der Waals surface area contributed by atoms with Crippen LogP contribution in [0.1, 0.15) is 32.4 Å². The lowest BCUT2D eigenvalue weighted by molar-refractivity contribution is 0.0951. The molecule has 2 aromatic rings. The van der Waals surface area contributed by atoms with Gasteiger partial charge in [-0.3, -0.25) is 4.79 Å². The van der Waals surface area contributed by atoms with Crippen molar-refractivity contribution in [3.05, 3.63) is 51.2 Å². The average molecular weight is 382 g/mol. The molecule has 1 atom stereocenters. The molecule has 0 radical (unpaired) electrons. The van der Waals surface area contributed by atoms with E-state index in [4.69, 9.17) is 0 Å². The van der Waals surface area contributed by atoms with Crippen LogP contribution < -0.4 is 5.32 Å². The maximum atomic E-state index is 13.0. The van der Waals surface area contributed by atoms with Crippen molar-refractivity contribution in [2.24, 2.45) is 5.92 Å².